The summed E-state index contributed by atoms with van der Waals surface area (Å²) in [6.07, 6.45) is 47.0. The molecule has 0 bridgehead atoms. The number of ether oxygens (including phenoxy) is 4. The van der Waals surface area contributed by atoms with E-state index < -0.39 is 97.5 Å². The van der Waals surface area contributed by atoms with Gasteiger partial charge in [-0.05, 0) is 43.4 Å². The van der Waals surface area contributed by atoms with E-state index in [1.54, 1.807) is 0 Å². The molecule has 0 saturated carbocycles. The molecule has 0 fully saturated rings. The maximum Gasteiger partial charge on any atom is 0.472 e. The lowest BCUT2D eigenvalue weighted by Crippen LogP contribution is -2.30. The molecule has 2 unspecified atom stereocenters. The van der Waals surface area contributed by atoms with Crippen molar-refractivity contribution < 1.29 is 80.2 Å². The molecule has 0 heterocycles. The molecule has 91 heavy (non-hydrogen) atoms. The van der Waals surface area contributed by atoms with E-state index in [1.807, 2.05) is 0 Å². The van der Waals surface area contributed by atoms with Gasteiger partial charge >= 0.3 is 39.5 Å². The van der Waals surface area contributed by atoms with Gasteiger partial charge in [0.25, 0.3) is 0 Å². The average Bonchev–Trinajstić information content (AvgIpc) is 3.46. The van der Waals surface area contributed by atoms with Gasteiger partial charge in [-0.1, -0.05) is 312 Å². The van der Waals surface area contributed by atoms with Crippen LogP contribution < -0.4 is 0 Å². The smallest absolute Gasteiger partial charge is 0.462 e. The molecular formula is C72H140O17P2. The van der Waals surface area contributed by atoms with Crippen molar-refractivity contribution in [2.45, 2.75) is 381 Å². The van der Waals surface area contributed by atoms with Crippen molar-refractivity contribution in [2.24, 2.45) is 17.8 Å². The van der Waals surface area contributed by atoms with E-state index in [2.05, 4.69) is 48.5 Å². The monoisotopic (exact) mass is 1340 g/mol. The van der Waals surface area contributed by atoms with Crippen LogP contribution >= 0.6 is 15.6 Å². The molecule has 0 aliphatic rings. The van der Waals surface area contributed by atoms with E-state index in [4.69, 9.17) is 37.0 Å². The van der Waals surface area contributed by atoms with Crippen molar-refractivity contribution >= 4 is 39.5 Å². The molecule has 0 amide bonds. The quantitative estimate of drug-likeness (QED) is 0.0222. The Labute approximate surface area is 556 Å². The van der Waals surface area contributed by atoms with Gasteiger partial charge < -0.3 is 33.8 Å². The zero-order chi connectivity index (χ0) is 67.3. The molecule has 0 aromatic heterocycles. The first-order chi connectivity index (χ1) is 43.7. The van der Waals surface area contributed by atoms with Crippen LogP contribution in [0.3, 0.4) is 0 Å². The minimum absolute atomic E-state index is 0.106. The molecule has 0 aliphatic heterocycles. The third kappa shape index (κ3) is 66.5. The normalized spacial score (nSPS) is 14.2. The van der Waals surface area contributed by atoms with Gasteiger partial charge in [0.15, 0.2) is 12.2 Å². The fourth-order valence-corrected chi connectivity index (χ4v) is 12.5. The minimum atomic E-state index is -4.95. The van der Waals surface area contributed by atoms with E-state index in [0.29, 0.717) is 25.7 Å². The van der Waals surface area contributed by atoms with Crippen molar-refractivity contribution in [1.29, 1.82) is 0 Å². The molecule has 540 valence electrons. The average molecular weight is 1340 g/mol. The summed E-state index contributed by atoms with van der Waals surface area (Å²) in [5, 5.41) is 10.6. The molecule has 0 aromatic carbocycles. The lowest BCUT2D eigenvalue weighted by Gasteiger charge is -2.21. The van der Waals surface area contributed by atoms with Gasteiger partial charge in [0.2, 0.25) is 0 Å². The number of carbonyl (C=O) groups is 4. The van der Waals surface area contributed by atoms with Crippen LogP contribution in [0.15, 0.2) is 0 Å². The third-order valence-electron chi connectivity index (χ3n) is 16.6. The summed E-state index contributed by atoms with van der Waals surface area (Å²) in [5.74, 6) is 0.154. The molecule has 0 spiro atoms. The highest BCUT2D eigenvalue weighted by Crippen LogP contribution is 2.45. The number of phosphoric ester groups is 2. The van der Waals surface area contributed by atoms with Crippen LogP contribution in [-0.2, 0) is 65.4 Å². The zero-order valence-corrected chi connectivity index (χ0v) is 61.1. The third-order valence-corrected chi connectivity index (χ3v) is 18.5. The zero-order valence-electron chi connectivity index (χ0n) is 59.3. The molecule has 0 radical (unpaired) electrons. The van der Waals surface area contributed by atoms with E-state index >= 15 is 0 Å². The summed E-state index contributed by atoms with van der Waals surface area (Å²) >= 11 is 0. The molecule has 0 saturated heterocycles. The Balaban J connectivity index is 5.27. The van der Waals surface area contributed by atoms with Gasteiger partial charge in [-0.15, -0.1) is 0 Å². The maximum absolute atomic E-state index is 13.0. The highest BCUT2D eigenvalue weighted by Gasteiger charge is 2.30. The van der Waals surface area contributed by atoms with Crippen molar-refractivity contribution in [2.75, 3.05) is 39.6 Å². The van der Waals surface area contributed by atoms with Gasteiger partial charge in [0, 0.05) is 25.7 Å². The molecule has 0 aromatic rings. The van der Waals surface area contributed by atoms with E-state index in [-0.39, 0.29) is 25.7 Å². The lowest BCUT2D eigenvalue weighted by atomic mass is 10.0. The van der Waals surface area contributed by atoms with Crippen LogP contribution in [0.1, 0.15) is 363 Å². The summed E-state index contributed by atoms with van der Waals surface area (Å²) in [5.41, 5.74) is 0. The summed E-state index contributed by atoms with van der Waals surface area (Å²) in [4.78, 5) is 72.7. The fourth-order valence-electron chi connectivity index (χ4n) is 10.9. The van der Waals surface area contributed by atoms with Crippen molar-refractivity contribution in [3.8, 4) is 0 Å². The van der Waals surface area contributed by atoms with Crippen LogP contribution in [0.2, 0.25) is 0 Å². The first-order valence-corrected chi connectivity index (χ1v) is 40.3. The van der Waals surface area contributed by atoms with Crippen LogP contribution in [0.25, 0.3) is 0 Å². The standard InChI is InChI=1S/C72H140O17P2/c1-8-9-10-11-12-13-15-25-32-39-46-53-69(74)82-59-68(89-72(77)56-49-42-35-28-21-19-24-31-38-45-52-65(6)7)62-87-91(80,81)85-58-66(73)57-84-90(78,79)86-61-67(60-83-70(75)54-47-40-33-26-20-18-23-30-37-44-51-64(4)5)88-71(76)55-48-41-34-27-17-14-16-22-29-36-43-50-63(2)3/h63-68,73H,8-62H2,1-7H3,(H,78,79)(H,80,81)/t66-,67-,68-/m1/s1. The van der Waals surface area contributed by atoms with Gasteiger partial charge in [-0.25, -0.2) is 9.13 Å². The Morgan fingerprint density at radius 3 is 0.747 bits per heavy atom. The highest BCUT2D eigenvalue weighted by molar-refractivity contribution is 7.47. The molecule has 5 atom stereocenters. The minimum Gasteiger partial charge on any atom is -0.462 e. The Kier molecular flexibility index (Phi) is 61.5. The molecular weight excluding hydrogens is 1200 g/mol. The van der Waals surface area contributed by atoms with Crippen LogP contribution in [-0.4, -0.2) is 96.7 Å². The number of rotatable bonds is 70. The molecule has 3 N–H and O–H groups in total. The van der Waals surface area contributed by atoms with Crippen molar-refractivity contribution in [3.05, 3.63) is 0 Å². The van der Waals surface area contributed by atoms with Gasteiger partial charge in [0.1, 0.15) is 19.3 Å². The second-order valence-electron chi connectivity index (χ2n) is 27.4. The van der Waals surface area contributed by atoms with E-state index in [9.17, 15) is 43.2 Å². The fraction of sp³-hybridized carbons (Fsp3) is 0.944. The van der Waals surface area contributed by atoms with Gasteiger partial charge in [-0.3, -0.25) is 37.3 Å². The number of aliphatic hydroxyl groups is 1. The Hall–Kier alpha value is -1.94. The second-order valence-corrected chi connectivity index (χ2v) is 30.3. The van der Waals surface area contributed by atoms with Crippen LogP contribution in [0.4, 0.5) is 0 Å². The molecule has 0 aliphatic carbocycles. The van der Waals surface area contributed by atoms with Crippen LogP contribution in [0, 0.1) is 17.8 Å². The molecule has 17 nitrogen and oxygen atoms in total. The number of unbranched alkanes of at least 4 members (excludes halogenated alkanes) is 38. The molecule has 19 heteroatoms. The first-order valence-electron chi connectivity index (χ1n) is 37.3. The predicted molar refractivity (Wildman–Crippen MR) is 368 cm³/mol. The van der Waals surface area contributed by atoms with Crippen molar-refractivity contribution in [3.63, 3.8) is 0 Å². The van der Waals surface area contributed by atoms with Crippen molar-refractivity contribution in [1.82, 2.24) is 0 Å². The second kappa shape index (κ2) is 62.8. The Morgan fingerprint density at radius 1 is 0.297 bits per heavy atom. The Bertz CT molecular complexity index is 1780. The first kappa shape index (κ1) is 89.1. The maximum atomic E-state index is 13.0. The number of hydrogen-bond donors (Lipinski definition) is 3. The summed E-state index contributed by atoms with van der Waals surface area (Å²) < 4.78 is 68.4. The van der Waals surface area contributed by atoms with Crippen LogP contribution in [0.5, 0.6) is 0 Å². The number of carbonyl (C=O) groups excluding carboxylic acids is 4. The topological polar surface area (TPSA) is 237 Å². The van der Waals surface area contributed by atoms with Gasteiger partial charge in [0.05, 0.1) is 26.4 Å². The van der Waals surface area contributed by atoms with E-state index in [0.717, 1.165) is 108 Å². The predicted octanol–water partition coefficient (Wildman–Crippen LogP) is 20.6. The lowest BCUT2D eigenvalue weighted by molar-refractivity contribution is -0.161. The summed E-state index contributed by atoms with van der Waals surface area (Å²) in [6.45, 7) is 11.9. The summed E-state index contributed by atoms with van der Waals surface area (Å²) in [6, 6.07) is 0. The number of phosphoric acid groups is 2. The van der Waals surface area contributed by atoms with E-state index in [1.165, 1.54) is 173 Å². The number of hydrogen-bond acceptors (Lipinski definition) is 15. The highest BCUT2D eigenvalue weighted by atomic mass is 31.2. The SMILES string of the molecule is CCCCCCCCCCCCCC(=O)OC[C@H](COP(=O)(O)OC[C@H](O)COP(=O)(O)OC[C@@H](COC(=O)CCCCCCCCCCCCC(C)C)OC(=O)CCCCCCCCCCCCCC(C)C)OC(=O)CCCCCCCCCCCCC(C)C. The van der Waals surface area contributed by atoms with Gasteiger partial charge in [-0.2, -0.15) is 0 Å². The largest absolute Gasteiger partial charge is 0.472 e. The number of esters is 4. The molecule has 0 rings (SSSR count). The number of aliphatic hydroxyl groups excluding tert-OH is 1. The Morgan fingerprint density at radius 2 is 0.505 bits per heavy atom. The summed E-state index contributed by atoms with van der Waals surface area (Å²) in [7, 11) is -9.91.